The van der Waals surface area contributed by atoms with Gasteiger partial charge in [-0.25, -0.2) is 4.99 Å². The van der Waals surface area contributed by atoms with E-state index in [2.05, 4.69) is 21.9 Å². The third-order valence-electron chi connectivity index (χ3n) is 0.531. The van der Waals surface area contributed by atoms with Gasteiger partial charge in [-0.15, -0.1) is 5.10 Å². The highest BCUT2D eigenvalue weighted by atomic mass is 15.2. The summed E-state index contributed by atoms with van der Waals surface area (Å²) in [5.41, 5.74) is 0. The molecule has 10 heavy (non-hydrogen) atoms. The lowest BCUT2D eigenvalue weighted by atomic mass is 10.7. The summed E-state index contributed by atoms with van der Waals surface area (Å²) in [4.78, 5) is 3.81. The van der Waals surface area contributed by atoms with E-state index < -0.39 is 0 Å². The second-order valence-electron chi connectivity index (χ2n) is 1.18. The maximum atomic E-state index is 3.81. The summed E-state index contributed by atoms with van der Waals surface area (Å²) in [7, 11) is 0. The van der Waals surface area contributed by atoms with E-state index in [0.29, 0.717) is 5.84 Å². The maximum Gasteiger partial charge on any atom is 0.147 e. The number of hydrogen-bond donors (Lipinski definition) is 0. The monoisotopic (exact) mass is 141 g/mol. The van der Waals surface area contributed by atoms with Crippen molar-refractivity contribution in [1.82, 2.24) is 0 Å². The van der Waals surface area contributed by atoms with Crippen LogP contribution < -0.4 is 0 Å². The van der Waals surface area contributed by atoms with E-state index >= 15 is 0 Å². The van der Waals surface area contributed by atoms with Crippen molar-refractivity contribution in [2.24, 2.45) is 15.2 Å². The van der Waals surface area contributed by atoms with E-state index in [4.69, 9.17) is 0 Å². The maximum absolute atomic E-state index is 3.81. The van der Waals surface area contributed by atoms with Crippen molar-refractivity contribution in [3.63, 3.8) is 0 Å². The Morgan fingerprint density at radius 1 is 1.40 bits per heavy atom. The van der Waals surface area contributed by atoms with Crippen LogP contribution in [0.2, 0.25) is 0 Å². The Hall–Kier alpha value is -0.990. The molecule has 0 N–H and O–H groups in total. The molecule has 58 valence electrons. The van der Waals surface area contributed by atoms with Gasteiger partial charge in [-0.2, -0.15) is 5.10 Å². The summed E-state index contributed by atoms with van der Waals surface area (Å²) >= 11 is 0. The fourth-order valence-electron chi connectivity index (χ4n) is 0.315. The molecule has 0 spiro atoms. The predicted octanol–water partition coefficient (Wildman–Crippen LogP) is 2.14. The number of aliphatic imine (C=N–C) groups is 1. The van der Waals surface area contributed by atoms with Crippen LogP contribution in [0.4, 0.5) is 0 Å². The van der Waals surface area contributed by atoms with Gasteiger partial charge in [0.15, 0.2) is 0 Å². The molecular formula is C7H15N3. The second-order valence-corrected chi connectivity index (χ2v) is 1.18. The molecule has 0 aliphatic carbocycles. The first-order valence-corrected chi connectivity index (χ1v) is 3.30. The molecule has 0 bridgehead atoms. The van der Waals surface area contributed by atoms with Crippen LogP contribution in [0.3, 0.4) is 0 Å². The highest BCUT2D eigenvalue weighted by Crippen LogP contribution is 1.76. The van der Waals surface area contributed by atoms with Crippen molar-refractivity contribution >= 4 is 18.8 Å². The van der Waals surface area contributed by atoms with Crippen LogP contribution in [-0.2, 0) is 0 Å². The number of nitrogens with zero attached hydrogens (tertiary/aromatic N) is 3. The van der Waals surface area contributed by atoms with Crippen molar-refractivity contribution in [3.8, 4) is 0 Å². The second kappa shape index (κ2) is 10.9. The van der Waals surface area contributed by atoms with Crippen LogP contribution >= 0.6 is 0 Å². The van der Waals surface area contributed by atoms with Gasteiger partial charge in [0.2, 0.25) is 0 Å². The highest BCUT2D eigenvalue weighted by molar-refractivity contribution is 5.86. The van der Waals surface area contributed by atoms with Crippen LogP contribution in [0.15, 0.2) is 15.2 Å². The molecule has 0 saturated carbocycles. The van der Waals surface area contributed by atoms with E-state index in [0.717, 1.165) is 0 Å². The highest BCUT2D eigenvalue weighted by Gasteiger charge is 1.75. The molecule has 0 fully saturated rings. The lowest BCUT2D eigenvalue weighted by molar-refractivity contribution is 1.24. The molecule has 3 nitrogen and oxygen atoms in total. The van der Waals surface area contributed by atoms with Gasteiger partial charge < -0.3 is 0 Å². The third-order valence-corrected chi connectivity index (χ3v) is 0.531. The molecule has 0 aliphatic rings. The van der Waals surface area contributed by atoms with Gasteiger partial charge in [0.1, 0.15) is 5.84 Å². The summed E-state index contributed by atoms with van der Waals surface area (Å²) in [5, 5.41) is 6.83. The Labute approximate surface area is 62.6 Å². The Morgan fingerprint density at radius 2 is 1.90 bits per heavy atom. The van der Waals surface area contributed by atoms with Gasteiger partial charge in [-0.1, -0.05) is 13.8 Å². The summed E-state index contributed by atoms with van der Waals surface area (Å²) in [6, 6.07) is 0. The summed E-state index contributed by atoms with van der Waals surface area (Å²) < 4.78 is 0. The molecule has 0 saturated heterocycles. The first-order chi connectivity index (χ1) is 4.81. The van der Waals surface area contributed by atoms with E-state index in [1.54, 1.807) is 13.1 Å². The summed E-state index contributed by atoms with van der Waals surface area (Å²) in [6.45, 7) is 10.8. The lowest BCUT2D eigenvalue weighted by Crippen LogP contribution is -1.81. The SMILES string of the molecule is C=N/N=C(/C)N=CC.CC. The molecule has 0 aromatic rings. The Bertz CT molecular complexity index is 125. The van der Waals surface area contributed by atoms with Crippen LogP contribution in [0, 0.1) is 0 Å². The average molecular weight is 141 g/mol. The number of amidine groups is 1. The van der Waals surface area contributed by atoms with Gasteiger partial charge >= 0.3 is 0 Å². The molecule has 0 aromatic heterocycles. The number of hydrogen-bond acceptors (Lipinski definition) is 2. The molecular weight excluding hydrogens is 126 g/mol. The summed E-state index contributed by atoms with van der Waals surface area (Å²) in [5.74, 6) is 0.627. The first-order valence-electron chi connectivity index (χ1n) is 3.30. The zero-order valence-electron chi connectivity index (χ0n) is 7.13. The van der Waals surface area contributed by atoms with Crippen molar-refractivity contribution in [1.29, 1.82) is 0 Å². The Kier molecular flexibility index (Phi) is 12.8. The van der Waals surface area contributed by atoms with Crippen molar-refractivity contribution < 1.29 is 0 Å². The van der Waals surface area contributed by atoms with Crippen molar-refractivity contribution in [3.05, 3.63) is 0 Å². The van der Waals surface area contributed by atoms with Gasteiger partial charge in [-0.3, -0.25) is 0 Å². The Morgan fingerprint density at radius 3 is 2.20 bits per heavy atom. The van der Waals surface area contributed by atoms with E-state index in [1.807, 2.05) is 20.8 Å². The zero-order valence-corrected chi connectivity index (χ0v) is 7.13. The third kappa shape index (κ3) is 10.1. The lowest BCUT2D eigenvalue weighted by Gasteiger charge is -1.80. The van der Waals surface area contributed by atoms with E-state index in [1.165, 1.54) is 0 Å². The molecule has 0 rings (SSSR count). The van der Waals surface area contributed by atoms with E-state index in [9.17, 15) is 0 Å². The molecule has 0 aromatic carbocycles. The molecule has 0 heterocycles. The van der Waals surface area contributed by atoms with Crippen LogP contribution in [0.1, 0.15) is 27.7 Å². The van der Waals surface area contributed by atoms with Gasteiger partial charge in [0.05, 0.1) is 0 Å². The van der Waals surface area contributed by atoms with Crippen molar-refractivity contribution in [2.75, 3.05) is 0 Å². The molecule has 0 aliphatic heterocycles. The van der Waals surface area contributed by atoms with Gasteiger partial charge in [0.25, 0.3) is 0 Å². The molecule has 0 amide bonds. The van der Waals surface area contributed by atoms with Gasteiger partial charge in [-0.05, 0) is 13.8 Å². The number of rotatable bonds is 1. The quantitative estimate of drug-likeness (QED) is 0.305. The predicted molar refractivity (Wildman–Crippen MR) is 48.2 cm³/mol. The largest absolute Gasteiger partial charge is 0.244 e. The van der Waals surface area contributed by atoms with Crippen LogP contribution in [-0.4, -0.2) is 18.8 Å². The normalized spacial score (nSPS) is 10.6. The Balaban J connectivity index is 0. The first kappa shape index (κ1) is 11.8. The molecule has 0 radical (unpaired) electrons. The minimum Gasteiger partial charge on any atom is -0.244 e. The zero-order chi connectivity index (χ0) is 8.41. The topological polar surface area (TPSA) is 37.1 Å². The van der Waals surface area contributed by atoms with Gasteiger partial charge in [0, 0.05) is 12.9 Å². The minimum atomic E-state index is 0.627. The van der Waals surface area contributed by atoms with Crippen molar-refractivity contribution in [2.45, 2.75) is 27.7 Å². The molecule has 3 heteroatoms. The fraction of sp³-hybridized carbons (Fsp3) is 0.571. The molecule has 0 atom stereocenters. The van der Waals surface area contributed by atoms with Crippen LogP contribution in [0.25, 0.3) is 0 Å². The smallest absolute Gasteiger partial charge is 0.147 e. The fourth-order valence-corrected chi connectivity index (χ4v) is 0.315. The van der Waals surface area contributed by atoms with Crippen LogP contribution in [0.5, 0.6) is 0 Å². The molecule has 0 unspecified atom stereocenters. The average Bonchev–Trinajstić information content (AvgIpc) is 1.93. The standard InChI is InChI=1S/C5H9N3.C2H6/c1-4-7-5(2)8-6-3;1-2/h4H,3H2,1-2H3;1-2H3/b7-4?,8-5-;. The summed E-state index contributed by atoms with van der Waals surface area (Å²) in [6.07, 6.45) is 1.66. The van der Waals surface area contributed by atoms with E-state index in [-0.39, 0.29) is 0 Å². The minimum absolute atomic E-state index is 0.627.